The van der Waals surface area contributed by atoms with E-state index in [-0.39, 0.29) is 0 Å². The number of aromatic nitrogens is 2. The summed E-state index contributed by atoms with van der Waals surface area (Å²) < 4.78 is 0. The van der Waals surface area contributed by atoms with Gasteiger partial charge in [0.1, 0.15) is 0 Å². The Hall–Kier alpha value is -1.57. The van der Waals surface area contributed by atoms with Crippen molar-refractivity contribution in [3.05, 3.63) is 53.9 Å². The van der Waals surface area contributed by atoms with Crippen molar-refractivity contribution in [2.45, 2.75) is 38.5 Å². The van der Waals surface area contributed by atoms with Gasteiger partial charge in [-0.05, 0) is 36.3 Å². The van der Waals surface area contributed by atoms with Crippen molar-refractivity contribution in [2.75, 3.05) is 0 Å². The van der Waals surface area contributed by atoms with Crippen LogP contribution in [0.3, 0.4) is 0 Å². The minimum absolute atomic E-state index is 0.559. The van der Waals surface area contributed by atoms with E-state index in [9.17, 15) is 0 Å². The van der Waals surface area contributed by atoms with E-state index in [1.807, 2.05) is 6.20 Å². The molecule has 0 saturated heterocycles. The fourth-order valence-electron chi connectivity index (χ4n) is 2.14. The van der Waals surface area contributed by atoms with Crippen LogP contribution in [-0.2, 0) is 0 Å². The van der Waals surface area contributed by atoms with Gasteiger partial charge in [0.15, 0.2) is 0 Å². The molecule has 0 amide bonds. The summed E-state index contributed by atoms with van der Waals surface area (Å²) in [6.07, 6.45) is 4.23. The van der Waals surface area contributed by atoms with E-state index in [4.69, 9.17) is 0 Å². The highest BCUT2D eigenvalue weighted by molar-refractivity contribution is 5.18. The van der Waals surface area contributed by atoms with Gasteiger partial charge in [0.25, 0.3) is 0 Å². The summed E-state index contributed by atoms with van der Waals surface area (Å²) in [6.45, 7) is 4.56. The number of H-pyrrole nitrogens is 1. The van der Waals surface area contributed by atoms with E-state index in [0.29, 0.717) is 11.8 Å². The van der Waals surface area contributed by atoms with Crippen LogP contribution in [0.25, 0.3) is 0 Å². The Balaban J connectivity index is 1.86. The molecule has 0 bridgehead atoms. The molecule has 0 fully saturated rings. The van der Waals surface area contributed by atoms with Crippen LogP contribution >= 0.6 is 0 Å². The molecule has 2 rings (SSSR count). The standard InChI is InChI=1S/C15H20N2/c1-12(14-6-4-3-5-7-14)8-9-13(2)15-10-11-16-17-15/h3-7,10-13H,8-9H2,1-2H3,(H,16,17). The first-order valence-electron chi connectivity index (χ1n) is 6.31. The first-order chi connectivity index (χ1) is 8.27. The predicted molar refractivity (Wildman–Crippen MR) is 71.1 cm³/mol. The summed E-state index contributed by atoms with van der Waals surface area (Å²) in [7, 11) is 0. The fourth-order valence-corrected chi connectivity index (χ4v) is 2.14. The Morgan fingerprint density at radius 1 is 1.00 bits per heavy atom. The number of hydrogen-bond donors (Lipinski definition) is 1. The highest BCUT2D eigenvalue weighted by atomic mass is 15.1. The molecule has 2 unspecified atom stereocenters. The third-order valence-electron chi connectivity index (χ3n) is 3.45. The molecule has 0 spiro atoms. The largest absolute Gasteiger partial charge is 0.282 e. The highest BCUT2D eigenvalue weighted by Gasteiger charge is 2.10. The minimum Gasteiger partial charge on any atom is -0.282 e. The van der Waals surface area contributed by atoms with Gasteiger partial charge >= 0.3 is 0 Å². The lowest BCUT2D eigenvalue weighted by atomic mass is 9.91. The lowest BCUT2D eigenvalue weighted by Gasteiger charge is -2.14. The maximum absolute atomic E-state index is 4.00. The first-order valence-corrected chi connectivity index (χ1v) is 6.31. The van der Waals surface area contributed by atoms with Crippen molar-refractivity contribution in [3.8, 4) is 0 Å². The number of hydrogen-bond acceptors (Lipinski definition) is 1. The van der Waals surface area contributed by atoms with Crippen LogP contribution in [0.1, 0.15) is 49.8 Å². The Kier molecular flexibility index (Phi) is 3.97. The van der Waals surface area contributed by atoms with Gasteiger partial charge in [-0.2, -0.15) is 5.10 Å². The van der Waals surface area contributed by atoms with Crippen LogP contribution in [0.4, 0.5) is 0 Å². The van der Waals surface area contributed by atoms with Crippen molar-refractivity contribution in [1.82, 2.24) is 10.2 Å². The van der Waals surface area contributed by atoms with Crippen LogP contribution in [0.15, 0.2) is 42.6 Å². The molecule has 0 radical (unpaired) electrons. The molecular formula is C15H20N2. The first kappa shape index (κ1) is 11.9. The monoisotopic (exact) mass is 228 g/mol. The summed E-state index contributed by atoms with van der Waals surface area (Å²) in [5.74, 6) is 1.19. The summed E-state index contributed by atoms with van der Waals surface area (Å²) in [4.78, 5) is 0. The van der Waals surface area contributed by atoms with E-state index < -0.39 is 0 Å². The van der Waals surface area contributed by atoms with Crippen molar-refractivity contribution in [2.24, 2.45) is 0 Å². The zero-order valence-electron chi connectivity index (χ0n) is 10.6. The summed E-state index contributed by atoms with van der Waals surface area (Å²) in [5.41, 5.74) is 2.68. The summed E-state index contributed by atoms with van der Waals surface area (Å²) in [5, 5.41) is 7.05. The lowest BCUT2D eigenvalue weighted by molar-refractivity contribution is 0.564. The van der Waals surface area contributed by atoms with Crippen LogP contribution in [0.5, 0.6) is 0 Å². The number of rotatable bonds is 5. The van der Waals surface area contributed by atoms with Gasteiger partial charge in [-0.25, -0.2) is 0 Å². The van der Waals surface area contributed by atoms with E-state index in [2.05, 4.69) is 60.4 Å². The Morgan fingerprint density at radius 3 is 2.35 bits per heavy atom. The third-order valence-corrected chi connectivity index (χ3v) is 3.45. The molecule has 2 nitrogen and oxygen atoms in total. The zero-order valence-corrected chi connectivity index (χ0v) is 10.6. The second-order valence-corrected chi connectivity index (χ2v) is 4.80. The molecule has 0 aliphatic carbocycles. The Morgan fingerprint density at radius 2 is 1.71 bits per heavy atom. The second kappa shape index (κ2) is 5.67. The molecular weight excluding hydrogens is 208 g/mol. The smallest absolute Gasteiger partial charge is 0.0490 e. The molecule has 0 aliphatic rings. The van der Waals surface area contributed by atoms with E-state index >= 15 is 0 Å². The SMILES string of the molecule is CC(CCC(C)c1ccn[nH]1)c1ccccc1. The Bertz CT molecular complexity index is 419. The third kappa shape index (κ3) is 3.19. The summed E-state index contributed by atoms with van der Waals surface area (Å²) >= 11 is 0. The van der Waals surface area contributed by atoms with Crippen LogP contribution in [0.2, 0.25) is 0 Å². The topological polar surface area (TPSA) is 28.7 Å². The molecule has 0 aliphatic heterocycles. The van der Waals surface area contributed by atoms with Crippen molar-refractivity contribution >= 4 is 0 Å². The van der Waals surface area contributed by atoms with Gasteiger partial charge in [-0.3, -0.25) is 5.10 Å². The van der Waals surface area contributed by atoms with E-state index in [1.54, 1.807) is 0 Å². The van der Waals surface area contributed by atoms with Crippen LogP contribution in [-0.4, -0.2) is 10.2 Å². The maximum Gasteiger partial charge on any atom is 0.0490 e. The molecule has 1 heterocycles. The van der Waals surface area contributed by atoms with Crippen molar-refractivity contribution in [1.29, 1.82) is 0 Å². The van der Waals surface area contributed by atoms with Gasteiger partial charge in [0.2, 0.25) is 0 Å². The van der Waals surface area contributed by atoms with E-state index in [1.165, 1.54) is 24.1 Å². The normalized spacial score (nSPS) is 14.5. The van der Waals surface area contributed by atoms with E-state index in [0.717, 1.165) is 0 Å². The molecule has 2 atom stereocenters. The van der Waals surface area contributed by atoms with Gasteiger partial charge in [-0.1, -0.05) is 44.2 Å². The molecule has 2 aromatic rings. The minimum atomic E-state index is 0.559. The molecule has 2 heteroatoms. The fraction of sp³-hybridized carbons (Fsp3) is 0.400. The van der Waals surface area contributed by atoms with Gasteiger partial charge in [0.05, 0.1) is 0 Å². The van der Waals surface area contributed by atoms with Gasteiger partial charge in [-0.15, -0.1) is 0 Å². The van der Waals surface area contributed by atoms with Crippen LogP contribution < -0.4 is 0 Å². The van der Waals surface area contributed by atoms with Crippen molar-refractivity contribution in [3.63, 3.8) is 0 Å². The molecule has 0 saturated carbocycles. The van der Waals surface area contributed by atoms with Gasteiger partial charge < -0.3 is 0 Å². The number of nitrogens with zero attached hydrogens (tertiary/aromatic N) is 1. The number of aromatic amines is 1. The quantitative estimate of drug-likeness (QED) is 0.820. The average molecular weight is 228 g/mol. The molecule has 17 heavy (non-hydrogen) atoms. The van der Waals surface area contributed by atoms with Crippen molar-refractivity contribution < 1.29 is 0 Å². The second-order valence-electron chi connectivity index (χ2n) is 4.80. The average Bonchev–Trinajstić information content (AvgIpc) is 2.90. The molecule has 1 N–H and O–H groups in total. The maximum atomic E-state index is 4.00. The number of nitrogens with one attached hydrogen (secondary N) is 1. The van der Waals surface area contributed by atoms with Crippen LogP contribution in [0, 0.1) is 0 Å². The zero-order chi connectivity index (χ0) is 12.1. The predicted octanol–water partition coefficient (Wildman–Crippen LogP) is 4.10. The lowest BCUT2D eigenvalue weighted by Crippen LogP contribution is -1.99. The molecule has 1 aromatic heterocycles. The molecule has 1 aromatic carbocycles. The highest BCUT2D eigenvalue weighted by Crippen LogP contribution is 2.26. The molecule has 90 valence electrons. The number of benzene rings is 1. The van der Waals surface area contributed by atoms with Gasteiger partial charge in [0, 0.05) is 11.9 Å². The Labute approximate surface area is 103 Å². The summed E-state index contributed by atoms with van der Waals surface area (Å²) in [6, 6.07) is 12.8.